The average Bonchev–Trinajstić information content (AvgIpc) is 2.39. The number of benzene rings is 1. The molecule has 96 valence electrons. The van der Waals surface area contributed by atoms with Gasteiger partial charge in [0.15, 0.2) is 0 Å². The molecule has 0 aliphatic heterocycles. The first kappa shape index (κ1) is 12.7. The number of pyridine rings is 1. The summed E-state index contributed by atoms with van der Waals surface area (Å²) in [6.07, 6.45) is 0. The predicted molar refractivity (Wildman–Crippen MR) is 65.5 cm³/mol. The van der Waals surface area contributed by atoms with E-state index in [1.807, 2.05) is 0 Å². The average molecular weight is 260 g/mol. The van der Waals surface area contributed by atoms with Gasteiger partial charge >= 0.3 is 5.97 Å². The third kappa shape index (κ3) is 3.12. The predicted octanol–water partition coefficient (Wildman–Crippen LogP) is 2.17. The Morgan fingerprint density at radius 2 is 1.79 bits per heavy atom. The fraction of sp³-hybridized carbons (Fsp3) is 0. The van der Waals surface area contributed by atoms with Crippen LogP contribution in [-0.4, -0.2) is 22.0 Å². The van der Waals surface area contributed by atoms with Gasteiger partial charge in [0.05, 0.1) is 5.56 Å². The van der Waals surface area contributed by atoms with Crippen molar-refractivity contribution in [3.8, 4) is 0 Å². The highest BCUT2D eigenvalue weighted by molar-refractivity contribution is 6.03. The Kier molecular flexibility index (Phi) is 3.51. The van der Waals surface area contributed by atoms with E-state index in [-0.39, 0.29) is 11.3 Å². The van der Waals surface area contributed by atoms with E-state index < -0.39 is 17.8 Å². The minimum absolute atomic E-state index is 0.0534. The fourth-order valence-electron chi connectivity index (χ4n) is 1.43. The second-order valence-electron chi connectivity index (χ2n) is 3.68. The number of nitrogens with one attached hydrogen (secondary N) is 1. The lowest BCUT2D eigenvalue weighted by Crippen LogP contribution is -2.14. The van der Waals surface area contributed by atoms with Crippen LogP contribution in [0.25, 0.3) is 0 Å². The van der Waals surface area contributed by atoms with Crippen molar-refractivity contribution in [2.45, 2.75) is 0 Å². The molecule has 1 aromatic carbocycles. The standard InChI is InChI=1S/C13H9FN2O3/c14-11-3-1-2-10(16-11)12(17)15-9-6-4-8(5-7-9)13(18)19/h1-7H,(H,15,17)(H,18,19). The Hall–Kier alpha value is -2.76. The molecule has 5 nitrogen and oxygen atoms in total. The van der Waals surface area contributed by atoms with Crippen LogP contribution in [0.15, 0.2) is 42.5 Å². The molecule has 0 aliphatic rings. The highest BCUT2D eigenvalue weighted by Gasteiger charge is 2.09. The van der Waals surface area contributed by atoms with E-state index in [2.05, 4.69) is 10.3 Å². The minimum Gasteiger partial charge on any atom is -0.478 e. The molecule has 1 heterocycles. The summed E-state index contributed by atoms with van der Waals surface area (Å²) in [6.45, 7) is 0. The van der Waals surface area contributed by atoms with E-state index >= 15 is 0 Å². The SMILES string of the molecule is O=C(O)c1ccc(NC(=O)c2cccc(F)n2)cc1. The zero-order chi connectivity index (χ0) is 13.8. The monoisotopic (exact) mass is 260 g/mol. The number of hydrogen-bond donors (Lipinski definition) is 2. The van der Waals surface area contributed by atoms with Crippen LogP contribution in [0, 0.1) is 5.95 Å². The Morgan fingerprint density at radius 3 is 2.37 bits per heavy atom. The minimum atomic E-state index is -1.05. The summed E-state index contributed by atoms with van der Waals surface area (Å²) in [5.41, 5.74) is 0.463. The van der Waals surface area contributed by atoms with Gasteiger partial charge in [0.25, 0.3) is 5.91 Å². The maximum absolute atomic E-state index is 12.9. The number of halogens is 1. The first-order valence-corrected chi connectivity index (χ1v) is 5.33. The number of carbonyl (C=O) groups excluding carboxylic acids is 1. The third-order valence-electron chi connectivity index (χ3n) is 2.34. The van der Waals surface area contributed by atoms with Crippen molar-refractivity contribution in [3.63, 3.8) is 0 Å². The number of nitrogens with zero attached hydrogens (tertiary/aromatic N) is 1. The molecule has 0 spiro atoms. The number of aromatic nitrogens is 1. The number of carboxylic acids is 1. The van der Waals surface area contributed by atoms with E-state index in [4.69, 9.17) is 5.11 Å². The Morgan fingerprint density at radius 1 is 1.11 bits per heavy atom. The first-order chi connectivity index (χ1) is 9.06. The number of anilines is 1. The van der Waals surface area contributed by atoms with Crippen LogP contribution in [0.3, 0.4) is 0 Å². The molecule has 1 amide bonds. The van der Waals surface area contributed by atoms with Crippen molar-refractivity contribution in [1.29, 1.82) is 0 Å². The molecule has 0 unspecified atom stereocenters. The molecule has 19 heavy (non-hydrogen) atoms. The van der Waals surface area contributed by atoms with Gasteiger partial charge in [-0.2, -0.15) is 4.39 Å². The van der Waals surface area contributed by atoms with E-state index in [1.54, 1.807) is 0 Å². The van der Waals surface area contributed by atoms with Gasteiger partial charge in [0.2, 0.25) is 5.95 Å². The van der Waals surface area contributed by atoms with Crippen LogP contribution in [-0.2, 0) is 0 Å². The third-order valence-corrected chi connectivity index (χ3v) is 2.34. The molecule has 2 rings (SSSR count). The van der Waals surface area contributed by atoms with Crippen molar-refractivity contribution < 1.29 is 19.1 Å². The number of carboxylic acid groups (broad SMARTS) is 1. The van der Waals surface area contributed by atoms with E-state index in [0.717, 1.165) is 6.07 Å². The molecule has 0 radical (unpaired) electrons. The zero-order valence-corrected chi connectivity index (χ0v) is 9.63. The number of carbonyl (C=O) groups is 2. The molecule has 0 bridgehead atoms. The van der Waals surface area contributed by atoms with Crippen LogP contribution >= 0.6 is 0 Å². The molecule has 0 aliphatic carbocycles. The highest BCUT2D eigenvalue weighted by atomic mass is 19.1. The van der Waals surface area contributed by atoms with Gasteiger partial charge in [-0.25, -0.2) is 9.78 Å². The van der Waals surface area contributed by atoms with Crippen LogP contribution in [0.1, 0.15) is 20.8 Å². The summed E-state index contributed by atoms with van der Waals surface area (Å²) in [7, 11) is 0. The molecule has 1 aromatic heterocycles. The van der Waals surface area contributed by atoms with Gasteiger partial charge in [0, 0.05) is 5.69 Å². The summed E-state index contributed by atoms with van der Waals surface area (Å²) in [5, 5.41) is 11.2. The van der Waals surface area contributed by atoms with Crippen LogP contribution < -0.4 is 5.32 Å². The number of amides is 1. The Balaban J connectivity index is 2.13. The number of hydrogen-bond acceptors (Lipinski definition) is 3. The molecule has 0 atom stereocenters. The second-order valence-corrected chi connectivity index (χ2v) is 3.68. The summed E-state index contributed by atoms with van der Waals surface area (Å²) in [6, 6.07) is 9.50. The maximum Gasteiger partial charge on any atom is 0.335 e. The lowest BCUT2D eigenvalue weighted by atomic mass is 10.2. The van der Waals surface area contributed by atoms with E-state index in [9.17, 15) is 14.0 Å². The van der Waals surface area contributed by atoms with Crippen molar-refractivity contribution in [1.82, 2.24) is 4.98 Å². The molecule has 2 N–H and O–H groups in total. The van der Waals surface area contributed by atoms with Crippen molar-refractivity contribution in [3.05, 3.63) is 59.7 Å². The van der Waals surface area contributed by atoms with Crippen molar-refractivity contribution in [2.24, 2.45) is 0 Å². The van der Waals surface area contributed by atoms with Gasteiger partial charge in [-0.1, -0.05) is 6.07 Å². The van der Waals surface area contributed by atoms with Crippen LogP contribution in [0.4, 0.5) is 10.1 Å². The quantitative estimate of drug-likeness (QED) is 0.829. The summed E-state index contributed by atoms with van der Waals surface area (Å²) < 4.78 is 12.9. The molecule has 0 saturated heterocycles. The van der Waals surface area contributed by atoms with Gasteiger partial charge < -0.3 is 10.4 Å². The largest absolute Gasteiger partial charge is 0.478 e. The molecular weight excluding hydrogens is 251 g/mol. The first-order valence-electron chi connectivity index (χ1n) is 5.33. The zero-order valence-electron chi connectivity index (χ0n) is 9.63. The van der Waals surface area contributed by atoms with Gasteiger partial charge in [-0.15, -0.1) is 0 Å². The Labute approximate surface area is 107 Å². The molecular formula is C13H9FN2O3. The van der Waals surface area contributed by atoms with Crippen molar-refractivity contribution in [2.75, 3.05) is 5.32 Å². The van der Waals surface area contributed by atoms with Gasteiger partial charge in [-0.3, -0.25) is 4.79 Å². The molecule has 0 fully saturated rings. The van der Waals surface area contributed by atoms with Gasteiger partial charge in [-0.05, 0) is 36.4 Å². The normalized spacial score (nSPS) is 9.95. The molecule has 0 saturated carbocycles. The van der Waals surface area contributed by atoms with Gasteiger partial charge in [0.1, 0.15) is 5.69 Å². The summed E-state index contributed by atoms with van der Waals surface area (Å²) in [5.74, 6) is -2.36. The molecule has 2 aromatic rings. The second kappa shape index (κ2) is 5.26. The number of rotatable bonds is 3. The van der Waals surface area contributed by atoms with Crippen LogP contribution in [0.2, 0.25) is 0 Å². The summed E-state index contributed by atoms with van der Waals surface area (Å²) >= 11 is 0. The van der Waals surface area contributed by atoms with E-state index in [0.29, 0.717) is 5.69 Å². The topological polar surface area (TPSA) is 79.3 Å². The molecule has 6 heteroatoms. The lowest BCUT2D eigenvalue weighted by molar-refractivity contribution is 0.0696. The highest BCUT2D eigenvalue weighted by Crippen LogP contribution is 2.11. The summed E-state index contributed by atoms with van der Waals surface area (Å²) in [4.78, 5) is 25.8. The Bertz CT molecular complexity index is 626. The van der Waals surface area contributed by atoms with Crippen molar-refractivity contribution >= 4 is 17.6 Å². The van der Waals surface area contributed by atoms with E-state index in [1.165, 1.54) is 36.4 Å². The fourth-order valence-corrected chi connectivity index (χ4v) is 1.43. The van der Waals surface area contributed by atoms with Crippen LogP contribution in [0.5, 0.6) is 0 Å². The maximum atomic E-state index is 12.9. The lowest BCUT2D eigenvalue weighted by Gasteiger charge is -2.04. The number of aromatic carboxylic acids is 1. The smallest absolute Gasteiger partial charge is 0.335 e.